The summed E-state index contributed by atoms with van der Waals surface area (Å²) < 4.78 is 5.56. The van der Waals surface area contributed by atoms with Crippen molar-refractivity contribution in [2.45, 2.75) is 65.6 Å². The van der Waals surface area contributed by atoms with Gasteiger partial charge in [0, 0.05) is 50.9 Å². The Labute approximate surface area is 194 Å². The molecule has 2 rings (SSSR count). The molecule has 1 aromatic carbocycles. The summed E-state index contributed by atoms with van der Waals surface area (Å²) in [6, 6.07) is 8.39. The molecule has 1 heterocycles. The molecule has 0 radical (unpaired) electrons. The van der Waals surface area contributed by atoms with Crippen LogP contribution in [-0.2, 0) is 11.3 Å². The predicted octanol–water partition coefficient (Wildman–Crippen LogP) is 3.02. The SMILES string of the molecule is CCC(C)NC(=O)c1cccc(CNC(=NC)NCC(C(CC)CC)N2CCOCC2)c1. The first-order valence-electron chi connectivity index (χ1n) is 12.2. The molecule has 1 aliphatic heterocycles. The van der Waals surface area contributed by atoms with Crippen LogP contribution < -0.4 is 16.0 Å². The Kier molecular flexibility index (Phi) is 11.5. The minimum Gasteiger partial charge on any atom is -0.379 e. The average molecular weight is 446 g/mol. The number of ether oxygens (including phenoxy) is 1. The fourth-order valence-corrected chi connectivity index (χ4v) is 4.18. The smallest absolute Gasteiger partial charge is 0.251 e. The minimum absolute atomic E-state index is 0.0257. The third-order valence-electron chi connectivity index (χ3n) is 6.45. The van der Waals surface area contributed by atoms with Gasteiger partial charge in [-0.05, 0) is 37.0 Å². The second kappa shape index (κ2) is 14.1. The number of hydrogen-bond acceptors (Lipinski definition) is 4. The van der Waals surface area contributed by atoms with Crippen LogP contribution in [-0.4, -0.2) is 68.7 Å². The second-order valence-corrected chi connectivity index (χ2v) is 8.58. The highest BCUT2D eigenvalue weighted by Crippen LogP contribution is 2.19. The van der Waals surface area contributed by atoms with E-state index in [9.17, 15) is 4.79 Å². The van der Waals surface area contributed by atoms with E-state index in [0.29, 0.717) is 24.1 Å². The predicted molar refractivity (Wildman–Crippen MR) is 132 cm³/mol. The van der Waals surface area contributed by atoms with Gasteiger partial charge in [-0.2, -0.15) is 0 Å². The van der Waals surface area contributed by atoms with Gasteiger partial charge in [0.15, 0.2) is 5.96 Å². The lowest BCUT2D eigenvalue weighted by Crippen LogP contribution is -2.53. The van der Waals surface area contributed by atoms with Gasteiger partial charge in [-0.15, -0.1) is 0 Å². The zero-order valence-electron chi connectivity index (χ0n) is 20.6. The molecule has 1 amide bonds. The van der Waals surface area contributed by atoms with Gasteiger partial charge in [0.25, 0.3) is 5.91 Å². The minimum atomic E-state index is -0.0257. The number of benzene rings is 1. The normalized spacial score (nSPS) is 17.1. The lowest BCUT2D eigenvalue weighted by atomic mass is 9.92. The van der Waals surface area contributed by atoms with Crippen molar-refractivity contribution in [2.24, 2.45) is 10.9 Å². The summed E-state index contributed by atoms with van der Waals surface area (Å²) in [4.78, 5) is 19.4. The average Bonchev–Trinajstić information content (AvgIpc) is 2.84. The molecule has 1 fully saturated rings. The van der Waals surface area contributed by atoms with Crippen molar-refractivity contribution in [1.82, 2.24) is 20.9 Å². The summed E-state index contributed by atoms with van der Waals surface area (Å²) in [7, 11) is 1.80. The molecule has 2 atom stereocenters. The molecule has 1 saturated heterocycles. The lowest BCUT2D eigenvalue weighted by Gasteiger charge is -2.39. The Morgan fingerprint density at radius 3 is 2.47 bits per heavy atom. The maximum Gasteiger partial charge on any atom is 0.251 e. The van der Waals surface area contributed by atoms with Crippen molar-refractivity contribution in [1.29, 1.82) is 0 Å². The molecule has 3 N–H and O–H groups in total. The summed E-state index contributed by atoms with van der Waals surface area (Å²) in [5.41, 5.74) is 1.74. The molecule has 0 spiro atoms. The summed E-state index contributed by atoms with van der Waals surface area (Å²) in [6.45, 7) is 13.7. The van der Waals surface area contributed by atoms with Gasteiger partial charge in [0.05, 0.1) is 13.2 Å². The molecule has 0 bridgehead atoms. The van der Waals surface area contributed by atoms with Gasteiger partial charge in [-0.3, -0.25) is 14.7 Å². The first-order valence-corrected chi connectivity index (χ1v) is 12.2. The van der Waals surface area contributed by atoms with E-state index in [-0.39, 0.29) is 11.9 Å². The molecule has 0 aromatic heterocycles. The number of carbonyl (C=O) groups excluding carboxylic acids is 1. The van der Waals surface area contributed by atoms with Gasteiger partial charge in [-0.25, -0.2) is 0 Å². The molecule has 32 heavy (non-hydrogen) atoms. The van der Waals surface area contributed by atoms with E-state index in [1.807, 2.05) is 31.2 Å². The quantitative estimate of drug-likeness (QED) is 0.361. The van der Waals surface area contributed by atoms with E-state index in [0.717, 1.165) is 63.6 Å². The first-order chi connectivity index (χ1) is 15.5. The number of aliphatic imine (C=N–C) groups is 1. The van der Waals surface area contributed by atoms with Crippen LogP contribution >= 0.6 is 0 Å². The van der Waals surface area contributed by atoms with Gasteiger partial charge in [-0.1, -0.05) is 45.7 Å². The number of hydrogen-bond donors (Lipinski definition) is 3. The van der Waals surface area contributed by atoms with Gasteiger partial charge >= 0.3 is 0 Å². The molecule has 7 heteroatoms. The van der Waals surface area contributed by atoms with E-state index in [2.05, 4.69) is 46.6 Å². The lowest BCUT2D eigenvalue weighted by molar-refractivity contribution is 0.00272. The Hall–Kier alpha value is -2.12. The van der Waals surface area contributed by atoms with Crippen molar-refractivity contribution in [3.63, 3.8) is 0 Å². The summed E-state index contributed by atoms with van der Waals surface area (Å²) in [5, 5.41) is 9.96. The molecule has 1 aliphatic rings. The number of carbonyl (C=O) groups is 1. The highest BCUT2D eigenvalue weighted by molar-refractivity contribution is 5.94. The number of nitrogens with zero attached hydrogens (tertiary/aromatic N) is 2. The number of nitrogens with one attached hydrogen (secondary N) is 3. The number of morpholine rings is 1. The van der Waals surface area contributed by atoms with Crippen LogP contribution in [0.1, 0.15) is 62.9 Å². The topological polar surface area (TPSA) is 78.0 Å². The Morgan fingerprint density at radius 1 is 1.12 bits per heavy atom. The van der Waals surface area contributed by atoms with E-state index in [1.165, 1.54) is 0 Å². The highest BCUT2D eigenvalue weighted by Gasteiger charge is 2.27. The van der Waals surface area contributed by atoms with Crippen molar-refractivity contribution < 1.29 is 9.53 Å². The largest absolute Gasteiger partial charge is 0.379 e. The molecular formula is C25H43N5O2. The molecule has 2 unspecified atom stereocenters. The monoisotopic (exact) mass is 445 g/mol. The van der Waals surface area contributed by atoms with Crippen LogP contribution in [0.4, 0.5) is 0 Å². The van der Waals surface area contributed by atoms with Crippen LogP contribution in [0.5, 0.6) is 0 Å². The highest BCUT2D eigenvalue weighted by atomic mass is 16.5. The Balaban J connectivity index is 1.94. The van der Waals surface area contributed by atoms with E-state index in [4.69, 9.17) is 4.74 Å². The summed E-state index contributed by atoms with van der Waals surface area (Å²) >= 11 is 0. The van der Waals surface area contributed by atoms with Crippen molar-refractivity contribution in [3.8, 4) is 0 Å². The fourth-order valence-electron chi connectivity index (χ4n) is 4.18. The van der Waals surface area contributed by atoms with E-state index >= 15 is 0 Å². The van der Waals surface area contributed by atoms with Gasteiger partial charge in [0.1, 0.15) is 0 Å². The summed E-state index contributed by atoms with van der Waals surface area (Å²) in [6.07, 6.45) is 3.24. The Morgan fingerprint density at radius 2 is 1.84 bits per heavy atom. The van der Waals surface area contributed by atoms with Gasteiger partial charge < -0.3 is 20.7 Å². The van der Waals surface area contributed by atoms with Crippen LogP contribution in [0.3, 0.4) is 0 Å². The zero-order valence-corrected chi connectivity index (χ0v) is 20.6. The van der Waals surface area contributed by atoms with Crippen molar-refractivity contribution in [3.05, 3.63) is 35.4 Å². The van der Waals surface area contributed by atoms with Crippen molar-refractivity contribution in [2.75, 3.05) is 39.9 Å². The second-order valence-electron chi connectivity index (χ2n) is 8.58. The van der Waals surface area contributed by atoms with E-state index < -0.39 is 0 Å². The number of amides is 1. The molecule has 7 nitrogen and oxygen atoms in total. The van der Waals surface area contributed by atoms with Crippen LogP contribution in [0, 0.1) is 5.92 Å². The maximum atomic E-state index is 12.4. The molecule has 1 aromatic rings. The number of rotatable bonds is 11. The van der Waals surface area contributed by atoms with Crippen LogP contribution in [0.2, 0.25) is 0 Å². The molecule has 0 saturated carbocycles. The van der Waals surface area contributed by atoms with E-state index in [1.54, 1.807) is 7.05 Å². The summed E-state index contributed by atoms with van der Waals surface area (Å²) in [5.74, 6) is 1.39. The van der Waals surface area contributed by atoms with Crippen LogP contribution in [0.15, 0.2) is 29.3 Å². The molecular weight excluding hydrogens is 402 g/mol. The molecule has 0 aliphatic carbocycles. The van der Waals surface area contributed by atoms with Gasteiger partial charge in [0.2, 0.25) is 0 Å². The third-order valence-corrected chi connectivity index (χ3v) is 6.45. The zero-order chi connectivity index (χ0) is 23.3. The van der Waals surface area contributed by atoms with Crippen LogP contribution in [0.25, 0.3) is 0 Å². The maximum absolute atomic E-state index is 12.4. The molecule has 180 valence electrons. The van der Waals surface area contributed by atoms with Crippen molar-refractivity contribution >= 4 is 11.9 Å². The third kappa shape index (κ3) is 8.10. The standard InChI is InChI=1S/C25H43N5O2/c1-6-19(4)29-24(31)22-11-9-10-20(16-22)17-27-25(26-5)28-18-23(21(7-2)8-3)30-12-14-32-15-13-30/h9-11,16,19,21,23H,6-8,12-15,17-18H2,1-5H3,(H,29,31)(H2,26,27,28). The first kappa shape index (κ1) is 26.1. The fraction of sp³-hybridized carbons (Fsp3) is 0.680. The Bertz CT molecular complexity index is 714. The number of guanidine groups is 1.